The Balaban J connectivity index is 2.24. The monoisotopic (exact) mass is 218 g/mol. The minimum absolute atomic E-state index is 0.0936. The van der Waals surface area contributed by atoms with Crippen molar-refractivity contribution in [2.45, 2.75) is 6.92 Å². The first kappa shape index (κ1) is 9.86. The van der Waals surface area contributed by atoms with Crippen molar-refractivity contribution in [3.63, 3.8) is 0 Å². The predicted molar refractivity (Wildman–Crippen MR) is 61.9 cm³/mol. The second-order valence-electron chi connectivity index (χ2n) is 3.08. The number of thiazole rings is 1. The smallest absolute Gasteiger partial charge is 0.223 e. The van der Waals surface area contributed by atoms with Gasteiger partial charge < -0.3 is 5.32 Å². The SMILES string of the molecule is CC(=O)Nc1ncc(-c2ccccc2)s1. The van der Waals surface area contributed by atoms with Crippen molar-refractivity contribution in [1.29, 1.82) is 0 Å². The van der Waals surface area contributed by atoms with Crippen LogP contribution in [0, 0.1) is 0 Å². The molecule has 1 aromatic heterocycles. The number of benzene rings is 1. The van der Waals surface area contributed by atoms with E-state index in [4.69, 9.17) is 0 Å². The van der Waals surface area contributed by atoms with Gasteiger partial charge in [-0.1, -0.05) is 41.7 Å². The van der Waals surface area contributed by atoms with E-state index in [0.29, 0.717) is 5.13 Å². The van der Waals surface area contributed by atoms with E-state index in [1.807, 2.05) is 30.3 Å². The van der Waals surface area contributed by atoms with E-state index in [2.05, 4.69) is 10.3 Å². The maximum absolute atomic E-state index is 10.8. The van der Waals surface area contributed by atoms with E-state index in [-0.39, 0.29) is 5.91 Å². The fourth-order valence-electron chi connectivity index (χ4n) is 1.22. The minimum atomic E-state index is -0.0936. The summed E-state index contributed by atoms with van der Waals surface area (Å²) in [4.78, 5) is 16.0. The lowest BCUT2D eigenvalue weighted by Gasteiger charge is -1.94. The number of anilines is 1. The number of aromatic nitrogens is 1. The maximum atomic E-state index is 10.8. The molecule has 0 saturated carbocycles. The van der Waals surface area contributed by atoms with Crippen LogP contribution in [0.3, 0.4) is 0 Å². The molecule has 1 aromatic carbocycles. The summed E-state index contributed by atoms with van der Waals surface area (Å²) >= 11 is 1.47. The lowest BCUT2D eigenvalue weighted by atomic mass is 10.2. The first-order valence-electron chi connectivity index (χ1n) is 4.54. The molecule has 2 aromatic rings. The van der Waals surface area contributed by atoms with Gasteiger partial charge in [0.25, 0.3) is 0 Å². The molecule has 15 heavy (non-hydrogen) atoms. The molecular weight excluding hydrogens is 208 g/mol. The highest BCUT2D eigenvalue weighted by molar-refractivity contribution is 7.19. The van der Waals surface area contributed by atoms with Gasteiger partial charge in [0, 0.05) is 13.1 Å². The molecule has 1 N–H and O–H groups in total. The molecule has 0 saturated heterocycles. The van der Waals surface area contributed by atoms with Crippen LogP contribution in [0.15, 0.2) is 36.5 Å². The van der Waals surface area contributed by atoms with Crippen LogP contribution in [-0.2, 0) is 4.79 Å². The molecule has 0 fully saturated rings. The zero-order valence-corrected chi connectivity index (χ0v) is 9.04. The number of amides is 1. The first-order valence-corrected chi connectivity index (χ1v) is 5.36. The Kier molecular flexibility index (Phi) is 2.78. The van der Waals surface area contributed by atoms with Crippen molar-refractivity contribution < 1.29 is 4.79 Å². The predicted octanol–water partition coefficient (Wildman–Crippen LogP) is 2.77. The molecule has 0 radical (unpaired) electrons. The molecule has 0 aliphatic heterocycles. The van der Waals surface area contributed by atoms with Crippen molar-refractivity contribution in [1.82, 2.24) is 4.98 Å². The molecule has 1 amide bonds. The molecule has 0 aliphatic carbocycles. The summed E-state index contributed by atoms with van der Waals surface area (Å²) in [6.07, 6.45) is 1.77. The van der Waals surface area contributed by atoms with Crippen molar-refractivity contribution in [3.8, 4) is 10.4 Å². The van der Waals surface area contributed by atoms with Gasteiger partial charge >= 0.3 is 0 Å². The summed E-state index contributed by atoms with van der Waals surface area (Å²) in [5.41, 5.74) is 1.12. The Labute approximate surface area is 91.8 Å². The Morgan fingerprint density at radius 3 is 2.73 bits per heavy atom. The van der Waals surface area contributed by atoms with Gasteiger partial charge in [-0.3, -0.25) is 4.79 Å². The van der Waals surface area contributed by atoms with Gasteiger partial charge in [-0.2, -0.15) is 0 Å². The van der Waals surface area contributed by atoms with Crippen LogP contribution in [0.1, 0.15) is 6.92 Å². The van der Waals surface area contributed by atoms with Crippen molar-refractivity contribution in [2.24, 2.45) is 0 Å². The Bertz CT molecular complexity index is 464. The molecule has 0 aliphatic rings. The number of hydrogen-bond acceptors (Lipinski definition) is 3. The second-order valence-corrected chi connectivity index (χ2v) is 4.11. The van der Waals surface area contributed by atoms with Crippen LogP contribution in [0.4, 0.5) is 5.13 Å². The number of carbonyl (C=O) groups is 1. The van der Waals surface area contributed by atoms with E-state index < -0.39 is 0 Å². The normalized spacial score (nSPS) is 9.93. The van der Waals surface area contributed by atoms with Crippen molar-refractivity contribution in [2.75, 3.05) is 5.32 Å². The summed E-state index contributed by atoms with van der Waals surface area (Å²) < 4.78 is 0. The largest absolute Gasteiger partial charge is 0.302 e. The summed E-state index contributed by atoms with van der Waals surface area (Å²) in [5, 5.41) is 3.30. The van der Waals surface area contributed by atoms with E-state index in [1.165, 1.54) is 18.3 Å². The molecule has 0 atom stereocenters. The van der Waals surface area contributed by atoms with Crippen molar-refractivity contribution >= 4 is 22.4 Å². The number of nitrogens with zero attached hydrogens (tertiary/aromatic N) is 1. The van der Waals surface area contributed by atoms with Crippen LogP contribution < -0.4 is 5.32 Å². The summed E-state index contributed by atoms with van der Waals surface area (Å²) in [6.45, 7) is 1.48. The standard InChI is InChI=1S/C11H10N2OS/c1-8(14)13-11-12-7-10(15-11)9-5-3-2-4-6-9/h2-7H,1H3,(H,12,13,14). The molecule has 1 heterocycles. The van der Waals surface area contributed by atoms with Gasteiger partial charge in [-0.15, -0.1) is 0 Å². The molecule has 0 unspecified atom stereocenters. The molecular formula is C11H10N2OS. The second kappa shape index (κ2) is 4.23. The third kappa shape index (κ3) is 2.41. The third-order valence-corrected chi connectivity index (χ3v) is 2.81. The van der Waals surface area contributed by atoms with Crippen LogP contribution in [0.5, 0.6) is 0 Å². The van der Waals surface area contributed by atoms with E-state index in [1.54, 1.807) is 6.20 Å². The highest BCUT2D eigenvalue weighted by Gasteiger charge is 2.04. The van der Waals surface area contributed by atoms with E-state index in [9.17, 15) is 4.79 Å². The zero-order valence-electron chi connectivity index (χ0n) is 8.23. The fourth-order valence-corrected chi connectivity index (χ4v) is 2.09. The van der Waals surface area contributed by atoms with Gasteiger partial charge in [-0.05, 0) is 5.56 Å². The molecule has 3 nitrogen and oxygen atoms in total. The average molecular weight is 218 g/mol. The van der Waals surface area contributed by atoms with Crippen LogP contribution in [0.25, 0.3) is 10.4 Å². The van der Waals surface area contributed by atoms with E-state index in [0.717, 1.165) is 10.4 Å². The number of carbonyl (C=O) groups excluding carboxylic acids is 1. The molecule has 76 valence electrons. The number of hydrogen-bond donors (Lipinski definition) is 1. The van der Waals surface area contributed by atoms with E-state index >= 15 is 0 Å². The van der Waals surface area contributed by atoms with Crippen LogP contribution >= 0.6 is 11.3 Å². The van der Waals surface area contributed by atoms with Gasteiger partial charge in [0.05, 0.1) is 4.88 Å². The molecule has 2 rings (SSSR count). The molecule has 0 spiro atoms. The lowest BCUT2D eigenvalue weighted by Crippen LogP contribution is -2.04. The highest BCUT2D eigenvalue weighted by Crippen LogP contribution is 2.28. The average Bonchev–Trinajstić information content (AvgIpc) is 2.67. The van der Waals surface area contributed by atoms with Gasteiger partial charge in [0.15, 0.2) is 5.13 Å². The Morgan fingerprint density at radius 1 is 1.33 bits per heavy atom. The number of rotatable bonds is 2. The Morgan fingerprint density at radius 2 is 2.07 bits per heavy atom. The highest BCUT2D eigenvalue weighted by atomic mass is 32.1. The van der Waals surface area contributed by atoms with Gasteiger partial charge in [0.2, 0.25) is 5.91 Å². The maximum Gasteiger partial charge on any atom is 0.223 e. The zero-order chi connectivity index (χ0) is 10.7. The topological polar surface area (TPSA) is 42.0 Å². The van der Waals surface area contributed by atoms with Crippen LogP contribution in [0.2, 0.25) is 0 Å². The summed E-state index contributed by atoms with van der Waals surface area (Å²) in [5.74, 6) is -0.0936. The van der Waals surface area contributed by atoms with Gasteiger partial charge in [-0.25, -0.2) is 4.98 Å². The summed E-state index contributed by atoms with van der Waals surface area (Å²) in [6, 6.07) is 9.97. The number of nitrogens with one attached hydrogen (secondary N) is 1. The quantitative estimate of drug-likeness (QED) is 0.842. The lowest BCUT2D eigenvalue weighted by molar-refractivity contribution is -0.114. The third-order valence-electron chi connectivity index (χ3n) is 1.85. The van der Waals surface area contributed by atoms with Crippen LogP contribution in [-0.4, -0.2) is 10.9 Å². The van der Waals surface area contributed by atoms with Crippen molar-refractivity contribution in [3.05, 3.63) is 36.5 Å². The summed E-state index contributed by atoms with van der Waals surface area (Å²) in [7, 11) is 0. The minimum Gasteiger partial charge on any atom is -0.302 e. The first-order chi connectivity index (χ1) is 7.25. The molecule has 4 heteroatoms. The fraction of sp³-hybridized carbons (Fsp3) is 0.0909. The van der Waals surface area contributed by atoms with Gasteiger partial charge in [0.1, 0.15) is 0 Å². The Hall–Kier alpha value is -1.68. The molecule has 0 bridgehead atoms.